The number of carboxylic acid groups (broad SMARTS) is 1. The van der Waals surface area contributed by atoms with E-state index in [-0.39, 0.29) is 5.76 Å². The number of hydrogen-bond donors (Lipinski definition) is 1. The van der Waals surface area contributed by atoms with Gasteiger partial charge >= 0.3 is 5.97 Å². The Labute approximate surface area is 103 Å². The molecule has 0 saturated carbocycles. The van der Waals surface area contributed by atoms with Crippen LogP contribution in [-0.4, -0.2) is 16.1 Å². The zero-order chi connectivity index (χ0) is 12.5. The van der Waals surface area contributed by atoms with Crippen LogP contribution in [0.25, 0.3) is 22.4 Å². The van der Waals surface area contributed by atoms with Crippen molar-refractivity contribution in [3.05, 3.63) is 54.3 Å². The van der Waals surface area contributed by atoms with Gasteiger partial charge in [0.15, 0.2) is 0 Å². The van der Waals surface area contributed by atoms with Crippen molar-refractivity contribution in [3.63, 3.8) is 0 Å². The molecule has 0 unspecified atom stereocenters. The van der Waals surface area contributed by atoms with Crippen LogP contribution in [0.2, 0.25) is 0 Å². The molecule has 2 aromatic heterocycles. The Bertz CT molecular complexity index is 716. The molecule has 1 N–H and O–H groups in total. The molecule has 0 aliphatic rings. The van der Waals surface area contributed by atoms with Crippen molar-refractivity contribution >= 4 is 17.1 Å². The van der Waals surface area contributed by atoms with Crippen LogP contribution in [0, 0.1) is 0 Å². The fraction of sp³-hybridized carbons (Fsp3) is 0. The zero-order valence-corrected chi connectivity index (χ0v) is 9.33. The third-order valence-electron chi connectivity index (χ3n) is 2.66. The highest BCUT2D eigenvalue weighted by Gasteiger charge is 2.11. The molecule has 3 aromatic rings. The van der Waals surface area contributed by atoms with E-state index in [2.05, 4.69) is 4.98 Å². The lowest BCUT2D eigenvalue weighted by atomic mass is 10.1. The van der Waals surface area contributed by atoms with Gasteiger partial charge in [0.25, 0.3) is 0 Å². The monoisotopic (exact) mass is 239 g/mol. The Morgan fingerprint density at radius 1 is 1.11 bits per heavy atom. The van der Waals surface area contributed by atoms with Gasteiger partial charge in [-0.1, -0.05) is 30.3 Å². The normalized spacial score (nSPS) is 10.7. The van der Waals surface area contributed by atoms with Gasteiger partial charge in [0, 0.05) is 17.0 Å². The highest BCUT2D eigenvalue weighted by atomic mass is 16.4. The van der Waals surface area contributed by atoms with Crippen molar-refractivity contribution in [1.29, 1.82) is 0 Å². The van der Waals surface area contributed by atoms with Crippen molar-refractivity contribution in [2.45, 2.75) is 0 Å². The predicted octanol–water partition coefficient (Wildman–Crippen LogP) is 3.19. The van der Waals surface area contributed by atoms with Gasteiger partial charge in [0.1, 0.15) is 0 Å². The van der Waals surface area contributed by atoms with Crippen molar-refractivity contribution in [2.24, 2.45) is 0 Å². The minimum Gasteiger partial charge on any atom is -0.475 e. The molecule has 18 heavy (non-hydrogen) atoms. The molecule has 0 bridgehead atoms. The van der Waals surface area contributed by atoms with Gasteiger partial charge in [0.05, 0.1) is 5.69 Å². The second kappa shape index (κ2) is 4.00. The van der Waals surface area contributed by atoms with Gasteiger partial charge in [-0.2, -0.15) is 0 Å². The van der Waals surface area contributed by atoms with Crippen LogP contribution in [0.5, 0.6) is 0 Å². The summed E-state index contributed by atoms with van der Waals surface area (Å²) in [6.45, 7) is 0. The number of nitrogens with zero attached hydrogens (tertiary/aromatic N) is 1. The lowest BCUT2D eigenvalue weighted by Gasteiger charge is -1.99. The number of carbonyl (C=O) groups is 1. The number of fused-ring (bicyclic) bond motifs is 1. The van der Waals surface area contributed by atoms with Gasteiger partial charge in [0.2, 0.25) is 11.5 Å². The minimum atomic E-state index is -1.09. The fourth-order valence-electron chi connectivity index (χ4n) is 1.79. The van der Waals surface area contributed by atoms with E-state index in [4.69, 9.17) is 9.52 Å². The van der Waals surface area contributed by atoms with Gasteiger partial charge in [-0.25, -0.2) is 9.78 Å². The van der Waals surface area contributed by atoms with E-state index in [1.807, 2.05) is 36.4 Å². The zero-order valence-electron chi connectivity index (χ0n) is 9.33. The van der Waals surface area contributed by atoms with Crippen molar-refractivity contribution < 1.29 is 14.3 Å². The first-order valence-electron chi connectivity index (χ1n) is 5.43. The summed E-state index contributed by atoms with van der Waals surface area (Å²) >= 11 is 0. The Morgan fingerprint density at radius 2 is 1.89 bits per heavy atom. The Morgan fingerprint density at radius 3 is 2.61 bits per heavy atom. The first kappa shape index (κ1) is 10.5. The average molecular weight is 239 g/mol. The van der Waals surface area contributed by atoms with Crippen LogP contribution < -0.4 is 0 Å². The summed E-state index contributed by atoms with van der Waals surface area (Å²) in [4.78, 5) is 15.1. The molecule has 3 rings (SSSR count). The first-order chi connectivity index (χ1) is 8.74. The molecule has 0 aliphatic carbocycles. The molecule has 0 amide bonds. The van der Waals surface area contributed by atoms with Crippen LogP contribution >= 0.6 is 0 Å². The van der Waals surface area contributed by atoms with E-state index >= 15 is 0 Å². The van der Waals surface area contributed by atoms with Crippen LogP contribution in [-0.2, 0) is 0 Å². The van der Waals surface area contributed by atoms with E-state index in [1.165, 1.54) is 6.07 Å². The van der Waals surface area contributed by atoms with E-state index in [0.717, 1.165) is 11.3 Å². The number of rotatable bonds is 2. The van der Waals surface area contributed by atoms with Crippen LogP contribution in [0.15, 0.2) is 52.9 Å². The molecular weight excluding hydrogens is 230 g/mol. The molecule has 2 heterocycles. The second-order valence-corrected chi connectivity index (χ2v) is 3.87. The van der Waals surface area contributed by atoms with Crippen molar-refractivity contribution in [2.75, 3.05) is 0 Å². The average Bonchev–Trinajstić information content (AvgIpc) is 2.82. The summed E-state index contributed by atoms with van der Waals surface area (Å²) in [5.74, 6) is -1.18. The standard InChI is InChI=1S/C14H9NO3/c16-14(17)12-8-10-6-7-11(15-13(10)18-12)9-4-2-1-3-5-9/h1-8H,(H,16,17). The van der Waals surface area contributed by atoms with Crippen molar-refractivity contribution in [1.82, 2.24) is 4.98 Å². The van der Waals surface area contributed by atoms with Crippen LogP contribution in [0.3, 0.4) is 0 Å². The van der Waals surface area contributed by atoms with Gasteiger partial charge in [-0.15, -0.1) is 0 Å². The number of pyridine rings is 1. The van der Waals surface area contributed by atoms with Crippen LogP contribution in [0.1, 0.15) is 10.6 Å². The number of hydrogen-bond acceptors (Lipinski definition) is 3. The predicted molar refractivity (Wildman–Crippen MR) is 66.4 cm³/mol. The lowest BCUT2D eigenvalue weighted by molar-refractivity contribution is 0.0664. The highest BCUT2D eigenvalue weighted by Crippen LogP contribution is 2.23. The molecule has 0 atom stereocenters. The highest BCUT2D eigenvalue weighted by molar-refractivity contribution is 5.90. The summed E-state index contributed by atoms with van der Waals surface area (Å²) in [5, 5.41) is 9.54. The summed E-state index contributed by atoms with van der Waals surface area (Å²) in [6.07, 6.45) is 0. The number of benzene rings is 1. The van der Waals surface area contributed by atoms with E-state index in [1.54, 1.807) is 6.07 Å². The molecular formula is C14H9NO3. The third kappa shape index (κ3) is 1.73. The molecule has 1 aromatic carbocycles. The molecule has 0 aliphatic heterocycles. The quantitative estimate of drug-likeness (QED) is 0.745. The fourth-order valence-corrected chi connectivity index (χ4v) is 1.79. The summed E-state index contributed by atoms with van der Waals surface area (Å²) in [7, 11) is 0. The minimum absolute atomic E-state index is 0.0947. The maximum Gasteiger partial charge on any atom is 0.371 e. The van der Waals surface area contributed by atoms with E-state index in [9.17, 15) is 4.79 Å². The maximum absolute atomic E-state index is 10.8. The van der Waals surface area contributed by atoms with Gasteiger partial charge < -0.3 is 9.52 Å². The summed E-state index contributed by atoms with van der Waals surface area (Å²) in [5.41, 5.74) is 2.07. The van der Waals surface area contributed by atoms with Crippen molar-refractivity contribution in [3.8, 4) is 11.3 Å². The molecule has 0 radical (unpaired) electrons. The van der Waals surface area contributed by atoms with Gasteiger partial charge in [-0.05, 0) is 12.1 Å². The first-order valence-corrected chi connectivity index (χ1v) is 5.43. The number of furan rings is 1. The SMILES string of the molecule is O=C(O)c1cc2ccc(-c3ccccc3)nc2o1. The largest absolute Gasteiger partial charge is 0.475 e. The Balaban J connectivity index is 2.14. The molecule has 4 heteroatoms. The summed E-state index contributed by atoms with van der Waals surface area (Å²) < 4.78 is 5.18. The van der Waals surface area contributed by atoms with E-state index < -0.39 is 5.97 Å². The maximum atomic E-state index is 10.8. The van der Waals surface area contributed by atoms with Crippen LogP contribution in [0.4, 0.5) is 0 Å². The lowest BCUT2D eigenvalue weighted by Crippen LogP contribution is -1.91. The molecule has 4 nitrogen and oxygen atoms in total. The molecule has 0 saturated heterocycles. The molecule has 0 spiro atoms. The smallest absolute Gasteiger partial charge is 0.371 e. The van der Waals surface area contributed by atoms with E-state index in [0.29, 0.717) is 11.1 Å². The molecule has 0 fully saturated rings. The summed E-state index contributed by atoms with van der Waals surface area (Å²) in [6, 6.07) is 14.8. The second-order valence-electron chi connectivity index (χ2n) is 3.87. The Kier molecular flexibility index (Phi) is 2.34. The Hall–Kier alpha value is -2.62. The third-order valence-corrected chi connectivity index (χ3v) is 2.66. The topological polar surface area (TPSA) is 63.3 Å². The number of aromatic nitrogens is 1. The number of carboxylic acids is 1. The molecule has 88 valence electrons. The number of aromatic carboxylic acids is 1. The van der Waals surface area contributed by atoms with Gasteiger partial charge in [-0.3, -0.25) is 0 Å².